The van der Waals surface area contributed by atoms with Crippen LogP contribution >= 0.6 is 12.2 Å². The van der Waals surface area contributed by atoms with Crippen LogP contribution in [0.3, 0.4) is 0 Å². The van der Waals surface area contributed by atoms with Gasteiger partial charge < -0.3 is 0 Å². The molecule has 0 bridgehead atoms. The van der Waals surface area contributed by atoms with Gasteiger partial charge in [0, 0.05) is 11.1 Å². The standard InChI is InChI=1S/C24H19F2NS/c25-23-15-21(16-24(26)22(23)13-14-27-17-28)12-11-20-9-7-19(8-10-20)6-5-18-3-1-2-4-18/h7-10,15-16,18H,1-6H2. The summed E-state index contributed by atoms with van der Waals surface area (Å²) in [6, 6.07) is 12.6. The van der Waals surface area contributed by atoms with Gasteiger partial charge in [-0.15, -0.1) is 4.99 Å². The predicted octanol–water partition coefficient (Wildman–Crippen LogP) is 5.90. The molecule has 0 saturated heterocycles. The molecular formula is C24H19F2NS. The fourth-order valence-electron chi connectivity index (χ4n) is 3.44. The predicted molar refractivity (Wildman–Crippen MR) is 111 cm³/mol. The number of rotatable bonds is 3. The molecule has 0 atom stereocenters. The first-order valence-electron chi connectivity index (χ1n) is 9.33. The van der Waals surface area contributed by atoms with Crippen molar-refractivity contribution in [3.05, 3.63) is 70.3 Å². The third-order valence-electron chi connectivity index (χ3n) is 4.95. The summed E-state index contributed by atoms with van der Waals surface area (Å²) < 4.78 is 28.1. The zero-order valence-corrected chi connectivity index (χ0v) is 16.2. The lowest BCUT2D eigenvalue weighted by Crippen LogP contribution is -1.96. The quantitative estimate of drug-likeness (QED) is 0.360. The second-order valence-electron chi connectivity index (χ2n) is 6.89. The van der Waals surface area contributed by atoms with E-state index in [0.717, 1.165) is 30.0 Å². The third-order valence-corrected chi connectivity index (χ3v) is 5.04. The van der Waals surface area contributed by atoms with Crippen molar-refractivity contribution in [2.75, 3.05) is 0 Å². The van der Waals surface area contributed by atoms with Crippen molar-refractivity contribution in [1.82, 2.24) is 0 Å². The normalized spacial score (nSPS) is 13.1. The SMILES string of the molecule is Fc1cc(C#Cc2ccc(CCC3CCCC3)cc2)cc(F)c1C#CN=C=S. The van der Waals surface area contributed by atoms with Crippen molar-refractivity contribution in [2.45, 2.75) is 38.5 Å². The van der Waals surface area contributed by atoms with Gasteiger partial charge in [0.05, 0.1) is 16.8 Å². The molecule has 0 aliphatic heterocycles. The van der Waals surface area contributed by atoms with Gasteiger partial charge in [-0.1, -0.05) is 49.7 Å². The average molecular weight is 391 g/mol. The minimum absolute atomic E-state index is 0.254. The number of aliphatic imine (C=N–C) groups is 1. The average Bonchev–Trinajstić information content (AvgIpc) is 3.21. The minimum Gasteiger partial charge on any atom is -0.205 e. The molecule has 28 heavy (non-hydrogen) atoms. The summed E-state index contributed by atoms with van der Waals surface area (Å²) in [5.74, 6) is 7.35. The summed E-state index contributed by atoms with van der Waals surface area (Å²) in [6.45, 7) is 0. The summed E-state index contributed by atoms with van der Waals surface area (Å²) in [4.78, 5) is 3.33. The number of aryl methyl sites for hydroxylation is 1. The van der Waals surface area contributed by atoms with Crippen molar-refractivity contribution in [2.24, 2.45) is 10.9 Å². The zero-order chi connectivity index (χ0) is 19.8. The van der Waals surface area contributed by atoms with E-state index in [4.69, 9.17) is 0 Å². The van der Waals surface area contributed by atoms with Gasteiger partial charge in [-0.25, -0.2) is 8.78 Å². The monoisotopic (exact) mass is 391 g/mol. The highest BCUT2D eigenvalue weighted by Gasteiger charge is 2.14. The Morgan fingerprint density at radius 1 is 0.929 bits per heavy atom. The third kappa shape index (κ3) is 5.61. The van der Waals surface area contributed by atoms with Crippen molar-refractivity contribution in [3.63, 3.8) is 0 Å². The number of nitrogens with zero attached hydrogens (tertiary/aromatic N) is 1. The van der Waals surface area contributed by atoms with Crippen LogP contribution in [0.4, 0.5) is 8.78 Å². The van der Waals surface area contributed by atoms with Crippen LogP contribution in [0.25, 0.3) is 0 Å². The van der Waals surface area contributed by atoms with Crippen molar-refractivity contribution < 1.29 is 8.78 Å². The van der Waals surface area contributed by atoms with Crippen LogP contribution in [0.1, 0.15) is 54.4 Å². The van der Waals surface area contributed by atoms with Crippen LogP contribution in [0.15, 0.2) is 41.4 Å². The second-order valence-corrected chi connectivity index (χ2v) is 7.07. The van der Waals surface area contributed by atoms with E-state index in [2.05, 4.69) is 53.1 Å². The van der Waals surface area contributed by atoms with E-state index < -0.39 is 11.6 Å². The highest BCUT2D eigenvalue weighted by molar-refractivity contribution is 7.78. The molecule has 1 aliphatic rings. The lowest BCUT2D eigenvalue weighted by atomic mass is 9.98. The Morgan fingerprint density at radius 2 is 1.57 bits per heavy atom. The Labute approximate surface area is 169 Å². The number of thiocarbonyl (C=S) groups is 1. The van der Waals surface area contributed by atoms with Crippen LogP contribution in [0.5, 0.6) is 0 Å². The van der Waals surface area contributed by atoms with Crippen molar-refractivity contribution in [1.29, 1.82) is 0 Å². The molecule has 1 fully saturated rings. The van der Waals surface area contributed by atoms with E-state index in [1.165, 1.54) is 37.7 Å². The summed E-state index contributed by atoms with van der Waals surface area (Å²) in [6.07, 6.45) is 7.80. The largest absolute Gasteiger partial charge is 0.205 e. The van der Waals surface area contributed by atoms with Crippen molar-refractivity contribution in [3.8, 4) is 23.8 Å². The summed E-state index contributed by atoms with van der Waals surface area (Å²) >= 11 is 4.36. The number of halogens is 2. The summed E-state index contributed by atoms with van der Waals surface area (Å²) in [5, 5.41) is 2.02. The summed E-state index contributed by atoms with van der Waals surface area (Å²) in [7, 11) is 0. The molecule has 0 unspecified atom stereocenters. The molecule has 3 rings (SSSR count). The number of benzene rings is 2. The van der Waals surface area contributed by atoms with E-state index in [9.17, 15) is 8.78 Å². The maximum absolute atomic E-state index is 14.0. The van der Waals surface area contributed by atoms with Crippen molar-refractivity contribution >= 4 is 17.4 Å². The van der Waals surface area contributed by atoms with E-state index in [1.807, 2.05) is 17.3 Å². The highest BCUT2D eigenvalue weighted by Crippen LogP contribution is 2.28. The molecule has 4 heteroatoms. The molecule has 1 saturated carbocycles. The Balaban J connectivity index is 1.67. The van der Waals surface area contributed by atoms with Crippen LogP contribution in [-0.2, 0) is 6.42 Å². The maximum atomic E-state index is 14.0. The van der Waals surface area contributed by atoms with E-state index in [-0.39, 0.29) is 11.1 Å². The van der Waals surface area contributed by atoms with E-state index >= 15 is 0 Å². The molecule has 0 aromatic heterocycles. The van der Waals surface area contributed by atoms with Gasteiger partial charge in [0.25, 0.3) is 0 Å². The minimum atomic E-state index is -0.779. The maximum Gasteiger partial charge on any atom is 0.143 e. The summed E-state index contributed by atoms with van der Waals surface area (Å²) in [5.41, 5.74) is 2.01. The van der Waals surface area contributed by atoms with Gasteiger partial charge in [-0.05, 0) is 66.7 Å². The van der Waals surface area contributed by atoms with Crippen LogP contribution in [0.2, 0.25) is 0 Å². The molecule has 2 aromatic rings. The number of hydrogen-bond donors (Lipinski definition) is 0. The van der Waals surface area contributed by atoms with Gasteiger partial charge in [0.2, 0.25) is 0 Å². The lowest BCUT2D eigenvalue weighted by Gasteiger charge is -2.08. The Bertz CT molecular complexity index is 984. The van der Waals surface area contributed by atoms with E-state index in [0.29, 0.717) is 0 Å². The van der Waals surface area contributed by atoms with Crippen LogP contribution < -0.4 is 0 Å². The van der Waals surface area contributed by atoms with Gasteiger partial charge in [0.1, 0.15) is 11.6 Å². The first-order valence-corrected chi connectivity index (χ1v) is 9.74. The molecule has 0 spiro atoms. The van der Waals surface area contributed by atoms with Crippen LogP contribution in [-0.4, -0.2) is 5.16 Å². The molecule has 0 heterocycles. The number of isothiocyanates is 1. The van der Waals surface area contributed by atoms with Crippen LogP contribution in [0, 0.1) is 41.4 Å². The Hall–Kier alpha value is -2.78. The Morgan fingerprint density at radius 3 is 2.21 bits per heavy atom. The van der Waals surface area contributed by atoms with Gasteiger partial charge in [-0.3, -0.25) is 0 Å². The van der Waals surface area contributed by atoms with Gasteiger partial charge >= 0.3 is 0 Å². The second kappa shape index (κ2) is 9.95. The molecule has 2 aromatic carbocycles. The fourth-order valence-corrected chi connectivity index (χ4v) is 3.49. The lowest BCUT2D eigenvalue weighted by molar-refractivity contribution is 0.504. The molecule has 0 radical (unpaired) electrons. The first kappa shape index (κ1) is 20.0. The topological polar surface area (TPSA) is 12.4 Å². The molecule has 0 amide bonds. The van der Waals surface area contributed by atoms with Gasteiger partial charge in [0.15, 0.2) is 0 Å². The fraction of sp³-hybridized carbons (Fsp3) is 0.292. The highest BCUT2D eigenvalue weighted by atomic mass is 32.1. The molecule has 140 valence electrons. The smallest absolute Gasteiger partial charge is 0.143 e. The zero-order valence-electron chi connectivity index (χ0n) is 15.4. The van der Waals surface area contributed by atoms with E-state index in [1.54, 1.807) is 0 Å². The molecule has 1 aliphatic carbocycles. The van der Waals surface area contributed by atoms with Gasteiger partial charge in [-0.2, -0.15) is 0 Å². The number of hydrogen-bond acceptors (Lipinski definition) is 2. The molecule has 1 nitrogen and oxygen atoms in total. The Kier molecular flexibility index (Phi) is 7.10. The molecule has 0 N–H and O–H groups in total. The first-order chi connectivity index (χ1) is 13.7. The molecular weight excluding hydrogens is 372 g/mol.